The van der Waals surface area contributed by atoms with E-state index in [1.165, 1.54) is 0 Å². The lowest BCUT2D eigenvalue weighted by molar-refractivity contribution is -0.139. The molecule has 1 heterocycles. The summed E-state index contributed by atoms with van der Waals surface area (Å²) in [5.74, 6) is -0.117. The average Bonchev–Trinajstić information content (AvgIpc) is 1.85. The quantitative estimate of drug-likeness (QED) is 0.549. The third-order valence-corrected chi connectivity index (χ3v) is 3.15. The van der Waals surface area contributed by atoms with E-state index in [0.29, 0.717) is 5.75 Å². The van der Waals surface area contributed by atoms with Crippen LogP contribution in [0.5, 0.6) is 0 Å². The van der Waals surface area contributed by atoms with E-state index in [4.69, 9.17) is 5.11 Å². The Morgan fingerprint density at radius 2 is 2.27 bits per heavy atom. The lowest BCUT2D eigenvalue weighted by Crippen LogP contribution is -2.52. The van der Waals surface area contributed by atoms with E-state index in [-0.39, 0.29) is 11.8 Å². The summed E-state index contributed by atoms with van der Waals surface area (Å²) in [6, 6.07) is -0.578. The molecule has 4 nitrogen and oxygen atoms in total. The third-order valence-electron chi connectivity index (χ3n) is 1.57. The first kappa shape index (κ1) is 8.67. The van der Waals surface area contributed by atoms with Gasteiger partial charge >= 0.3 is 5.97 Å². The third kappa shape index (κ3) is 2.27. The number of hydrogen-bond donors (Lipinski definition) is 2. The van der Waals surface area contributed by atoms with Crippen LogP contribution in [0.4, 0.5) is 0 Å². The van der Waals surface area contributed by atoms with Gasteiger partial charge in [-0.05, 0) is 6.92 Å². The normalized spacial score (nSPS) is 38.5. The summed E-state index contributed by atoms with van der Waals surface area (Å²) in [5.41, 5.74) is 0. The average molecular weight is 177 g/mol. The monoisotopic (exact) mass is 177 g/mol. The molecule has 1 fully saturated rings. The minimum absolute atomic E-state index is 0.0469. The molecule has 0 saturated carbocycles. The number of carbonyl (C=O) groups is 1. The van der Waals surface area contributed by atoms with Crippen LogP contribution >= 0.6 is 0 Å². The van der Waals surface area contributed by atoms with Gasteiger partial charge in [0.1, 0.15) is 6.04 Å². The first-order chi connectivity index (χ1) is 5.09. The number of nitrogens with one attached hydrogen (secondary N) is 1. The second-order valence-electron chi connectivity index (χ2n) is 2.73. The molecule has 1 rings (SSSR count). The zero-order valence-electron chi connectivity index (χ0n) is 6.24. The molecule has 1 aliphatic heterocycles. The van der Waals surface area contributed by atoms with Gasteiger partial charge in [0, 0.05) is 28.3 Å². The van der Waals surface area contributed by atoms with Crippen LogP contribution in [-0.2, 0) is 15.6 Å². The van der Waals surface area contributed by atoms with Gasteiger partial charge in [0.15, 0.2) is 0 Å². The van der Waals surface area contributed by atoms with Crippen LogP contribution < -0.4 is 5.32 Å². The lowest BCUT2D eigenvalue weighted by Gasteiger charge is -2.24. The van der Waals surface area contributed by atoms with Crippen molar-refractivity contribution in [3.63, 3.8) is 0 Å². The summed E-state index contributed by atoms with van der Waals surface area (Å²) in [4.78, 5) is 10.4. The number of carboxylic acid groups (broad SMARTS) is 1. The molecule has 0 aromatic rings. The van der Waals surface area contributed by atoms with Crippen LogP contribution in [-0.4, -0.2) is 38.9 Å². The fourth-order valence-electron chi connectivity index (χ4n) is 1.12. The van der Waals surface area contributed by atoms with Gasteiger partial charge in [0.25, 0.3) is 0 Å². The fourth-order valence-corrected chi connectivity index (χ4v) is 2.52. The Hall–Kier alpha value is -0.420. The molecule has 0 radical (unpaired) electrons. The molecule has 0 spiro atoms. The predicted molar refractivity (Wildman–Crippen MR) is 41.9 cm³/mol. The van der Waals surface area contributed by atoms with Crippen molar-refractivity contribution in [3.05, 3.63) is 0 Å². The Labute approximate surface area is 67.4 Å². The number of carboxylic acids is 1. The number of hydrogen-bond acceptors (Lipinski definition) is 3. The summed E-state index contributed by atoms with van der Waals surface area (Å²) in [7, 11) is -0.964. The highest BCUT2D eigenvalue weighted by atomic mass is 32.2. The van der Waals surface area contributed by atoms with Crippen molar-refractivity contribution in [1.29, 1.82) is 0 Å². The molecule has 0 bridgehead atoms. The molecular weight excluding hydrogens is 166 g/mol. The second kappa shape index (κ2) is 3.32. The Kier molecular flexibility index (Phi) is 2.62. The number of rotatable bonds is 1. The van der Waals surface area contributed by atoms with Crippen LogP contribution in [0.1, 0.15) is 6.92 Å². The Morgan fingerprint density at radius 3 is 2.73 bits per heavy atom. The highest BCUT2D eigenvalue weighted by molar-refractivity contribution is 7.85. The highest BCUT2D eigenvalue weighted by Gasteiger charge is 2.27. The first-order valence-electron chi connectivity index (χ1n) is 3.43. The molecule has 64 valence electrons. The van der Waals surface area contributed by atoms with Gasteiger partial charge in [-0.15, -0.1) is 0 Å². The Bertz CT molecular complexity index is 194. The largest absolute Gasteiger partial charge is 0.480 e. The minimum Gasteiger partial charge on any atom is -0.480 e. The molecule has 0 aromatic heterocycles. The van der Waals surface area contributed by atoms with Crippen molar-refractivity contribution in [1.82, 2.24) is 5.32 Å². The van der Waals surface area contributed by atoms with Crippen molar-refractivity contribution >= 4 is 16.8 Å². The van der Waals surface area contributed by atoms with Crippen LogP contribution in [0.3, 0.4) is 0 Å². The van der Waals surface area contributed by atoms with Crippen LogP contribution in [0.25, 0.3) is 0 Å². The summed E-state index contributed by atoms with van der Waals surface area (Å²) in [6.45, 7) is 1.84. The summed E-state index contributed by atoms with van der Waals surface area (Å²) in [6.07, 6.45) is 0. The molecule has 5 heteroatoms. The zero-order valence-corrected chi connectivity index (χ0v) is 7.06. The van der Waals surface area contributed by atoms with E-state index in [0.717, 1.165) is 0 Å². The molecular formula is C6H11NO3S. The van der Waals surface area contributed by atoms with E-state index in [9.17, 15) is 9.00 Å². The Morgan fingerprint density at radius 1 is 1.64 bits per heavy atom. The Balaban J connectivity index is 2.56. The molecule has 3 unspecified atom stereocenters. The molecule has 2 N–H and O–H groups in total. The van der Waals surface area contributed by atoms with Gasteiger partial charge < -0.3 is 10.4 Å². The first-order valence-corrected chi connectivity index (χ1v) is 4.92. The topological polar surface area (TPSA) is 66.4 Å². The van der Waals surface area contributed by atoms with Crippen LogP contribution in [0.15, 0.2) is 0 Å². The second-order valence-corrected chi connectivity index (χ2v) is 4.28. The van der Waals surface area contributed by atoms with Crippen molar-refractivity contribution < 1.29 is 14.1 Å². The lowest BCUT2D eigenvalue weighted by atomic mass is 10.3. The van der Waals surface area contributed by atoms with E-state index in [2.05, 4.69) is 5.32 Å². The smallest absolute Gasteiger partial charge is 0.321 e. The fraction of sp³-hybridized carbons (Fsp3) is 0.833. The van der Waals surface area contributed by atoms with E-state index < -0.39 is 22.8 Å². The summed E-state index contributed by atoms with van der Waals surface area (Å²) >= 11 is 0. The zero-order chi connectivity index (χ0) is 8.43. The van der Waals surface area contributed by atoms with Gasteiger partial charge in [0.05, 0.1) is 0 Å². The summed E-state index contributed by atoms with van der Waals surface area (Å²) < 4.78 is 11.0. The molecule has 1 saturated heterocycles. The van der Waals surface area contributed by atoms with Gasteiger partial charge in [0.2, 0.25) is 0 Å². The van der Waals surface area contributed by atoms with E-state index in [1.54, 1.807) is 0 Å². The van der Waals surface area contributed by atoms with Gasteiger partial charge in [-0.3, -0.25) is 9.00 Å². The summed E-state index contributed by atoms with van der Waals surface area (Å²) in [5, 5.41) is 11.4. The van der Waals surface area contributed by atoms with Crippen molar-refractivity contribution in [2.45, 2.75) is 19.0 Å². The number of aliphatic carboxylic acids is 1. The van der Waals surface area contributed by atoms with Gasteiger partial charge in [-0.2, -0.15) is 0 Å². The molecule has 0 amide bonds. The molecule has 3 atom stereocenters. The maximum Gasteiger partial charge on any atom is 0.321 e. The van der Waals surface area contributed by atoms with Gasteiger partial charge in [-0.1, -0.05) is 0 Å². The SMILES string of the molecule is CC1CS(=O)CC(C(=O)O)N1. The highest BCUT2D eigenvalue weighted by Crippen LogP contribution is 2.02. The van der Waals surface area contributed by atoms with Crippen LogP contribution in [0, 0.1) is 0 Å². The van der Waals surface area contributed by atoms with E-state index in [1.807, 2.05) is 6.92 Å². The molecule has 11 heavy (non-hydrogen) atoms. The predicted octanol–water partition coefficient (Wildman–Crippen LogP) is -0.820. The maximum absolute atomic E-state index is 11.0. The van der Waals surface area contributed by atoms with Crippen LogP contribution in [0.2, 0.25) is 0 Å². The van der Waals surface area contributed by atoms with Gasteiger partial charge in [-0.25, -0.2) is 0 Å². The minimum atomic E-state index is -0.964. The maximum atomic E-state index is 11.0. The van der Waals surface area contributed by atoms with Crippen molar-refractivity contribution in [3.8, 4) is 0 Å². The van der Waals surface area contributed by atoms with E-state index >= 15 is 0 Å². The molecule has 1 aliphatic rings. The molecule has 0 aliphatic carbocycles. The van der Waals surface area contributed by atoms with Crippen molar-refractivity contribution in [2.75, 3.05) is 11.5 Å². The standard InChI is InChI=1S/C6H11NO3S/c1-4-2-11(10)3-5(7-4)6(8)9/h4-5,7H,2-3H2,1H3,(H,8,9). The van der Waals surface area contributed by atoms with Crippen molar-refractivity contribution in [2.24, 2.45) is 0 Å². The molecule has 0 aromatic carbocycles.